The molecule has 1 aromatic heterocycles. The molecule has 1 atom stereocenters. The Morgan fingerprint density at radius 2 is 1.97 bits per heavy atom. The number of anilines is 2. The molecule has 0 saturated heterocycles. The van der Waals surface area contributed by atoms with Crippen LogP contribution in [0.2, 0.25) is 5.02 Å². The zero-order valence-corrected chi connectivity index (χ0v) is 17.1. The second kappa shape index (κ2) is 8.08. The van der Waals surface area contributed by atoms with E-state index in [1.54, 1.807) is 56.8 Å². The lowest BCUT2D eigenvalue weighted by molar-refractivity contribution is -0.125. The minimum atomic E-state index is -0.807. The van der Waals surface area contributed by atoms with E-state index in [-0.39, 0.29) is 18.2 Å². The van der Waals surface area contributed by atoms with Gasteiger partial charge in [0.25, 0.3) is 0 Å². The van der Waals surface area contributed by atoms with Crippen molar-refractivity contribution in [1.82, 2.24) is 9.78 Å². The monoisotopic (exact) mass is 426 g/mol. The van der Waals surface area contributed by atoms with Gasteiger partial charge in [0.05, 0.1) is 37.5 Å². The summed E-state index contributed by atoms with van der Waals surface area (Å²) in [5, 5.41) is 10.4. The van der Waals surface area contributed by atoms with Crippen molar-refractivity contribution in [2.75, 3.05) is 24.9 Å². The van der Waals surface area contributed by atoms with Gasteiger partial charge in [0.2, 0.25) is 11.8 Å². The molecule has 0 saturated carbocycles. The number of nitrogens with one attached hydrogen (secondary N) is 2. The van der Waals surface area contributed by atoms with Crippen LogP contribution < -0.4 is 20.1 Å². The Kier molecular flexibility index (Phi) is 5.33. The number of carbonyl (C=O) groups excluding carboxylic acids is 2. The van der Waals surface area contributed by atoms with Crippen LogP contribution in [-0.4, -0.2) is 35.8 Å². The Labute approximate surface area is 177 Å². The molecule has 1 aliphatic rings. The quantitative estimate of drug-likeness (QED) is 0.648. The molecule has 4 rings (SSSR count). The Morgan fingerprint density at radius 3 is 2.70 bits per heavy atom. The van der Waals surface area contributed by atoms with Crippen LogP contribution in [0.4, 0.5) is 11.5 Å². The van der Waals surface area contributed by atoms with Crippen LogP contribution in [0.3, 0.4) is 0 Å². The Balaban J connectivity index is 1.69. The Hall–Kier alpha value is -3.52. The SMILES string of the molecule is COc1ccc(-c2cnn3c2NC(=O)CC3C(=O)Nc2ccccc2Cl)cc1OC. The van der Waals surface area contributed by atoms with Gasteiger partial charge in [-0.2, -0.15) is 5.10 Å². The zero-order chi connectivity index (χ0) is 21.3. The largest absolute Gasteiger partial charge is 0.493 e. The van der Waals surface area contributed by atoms with E-state index in [4.69, 9.17) is 21.1 Å². The molecule has 1 aliphatic heterocycles. The molecule has 2 aromatic carbocycles. The molecule has 0 radical (unpaired) electrons. The molecule has 0 bridgehead atoms. The number of para-hydroxylation sites is 1. The van der Waals surface area contributed by atoms with Crippen molar-refractivity contribution in [2.45, 2.75) is 12.5 Å². The van der Waals surface area contributed by atoms with Gasteiger partial charge < -0.3 is 20.1 Å². The van der Waals surface area contributed by atoms with Gasteiger partial charge in [-0.15, -0.1) is 0 Å². The van der Waals surface area contributed by atoms with Crippen LogP contribution in [0.5, 0.6) is 11.5 Å². The van der Waals surface area contributed by atoms with Gasteiger partial charge in [-0.05, 0) is 29.8 Å². The average Bonchev–Trinajstić information content (AvgIpc) is 3.17. The standard InChI is InChI=1S/C21H19ClN4O4/c1-29-17-8-7-12(9-18(17)30-2)13-11-23-26-16(10-19(27)25-20(13)26)21(28)24-15-6-4-3-5-14(15)22/h3-9,11,16H,10H2,1-2H3,(H,24,28)(H,25,27). The Morgan fingerprint density at radius 1 is 1.20 bits per heavy atom. The summed E-state index contributed by atoms with van der Waals surface area (Å²) in [6.07, 6.45) is 1.58. The van der Waals surface area contributed by atoms with E-state index in [0.717, 1.165) is 5.56 Å². The molecule has 8 nitrogen and oxygen atoms in total. The van der Waals surface area contributed by atoms with Gasteiger partial charge in [0.1, 0.15) is 11.9 Å². The van der Waals surface area contributed by atoms with E-state index < -0.39 is 6.04 Å². The number of aromatic nitrogens is 2. The van der Waals surface area contributed by atoms with E-state index >= 15 is 0 Å². The lowest BCUT2D eigenvalue weighted by atomic mass is 10.1. The third kappa shape index (κ3) is 3.57. The number of ether oxygens (including phenoxy) is 2. The van der Waals surface area contributed by atoms with E-state index in [1.807, 2.05) is 6.07 Å². The highest BCUT2D eigenvalue weighted by Gasteiger charge is 2.33. The van der Waals surface area contributed by atoms with Crippen LogP contribution in [0.25, 0.3) is 11.1 Å². The molecule has 2 N–H and O–H groups in total. The predicted octanol–water partition coefficient (Wildman–Crippen LogP) is 3.74. The third-order valence-corrected chi connectivity index (χ3v) is 5.19. The summed E-state index contributed by atoms with van der Waals surface area (Å²) in [7, 11) is 3.10. The molecule has 1 unspecified atom stereocenters. The van der Waals surface area contributed by atoms with Crippen LogP contribution in [-0.2, 0) is 9.59 Å². The molecule has 9 heteroatoms. The first-order valence-electron chi connectivity index (χ1n) is 9.17. The Bertz CT molecular complexity index is 1130. The van der Waals surface area contributed by atoms with Crippen LogP contribution >= 0.6 is 11.6 Å². The lowest BCUT2D eigenvalue weighted by Crippen LogP contribution is -2.35. The predicted molar refractivity (Wildman–Crippen MR) is 113 cm³/mol. The molecular weight excluding hydrogens is 408 g/mol. The molecule has 0 aliphatic carbocycles. The van der Waals surface area contributed by atoms with Crippen molar-refractivity contribution in [3.8, 4) is 22.6 Å². The van der Waals surface area contributed by atoms with Crippen molar-refractivity contribution >= 4 is 34.9 Å². The summed E-state index contributed by atoms with van der Waals surface area (Å²) in [5.74, 6) is 0.927. The summed E-state index contributed by atoms with van der Waals surface area (Å²) in [4.78, 5) is 25.3. The number of benzene rings is 2. The number of rotatable bonds is 5. The molecule has 3 aromatic rings. The number of halogens is 1. The number of methoxy groups -OCH3 is 2. The highest BCUT2D eigenvalue weighted by Crippen LogP contribution is 2.38. The maximum absolute atomic E-state index is 12.9. The first kappa shape index (κ1) is 19.8. The van der Waals surface area contributed by atoms with Gasteiger partial charge >= 0.3 is 0 Å². The van der Waals surface area contributed by atoms with Crippen LogP contribution in [0.1, 0.15) is 12.5 Å². The summed E-state index contributed by atoms with van der Waals surface area (Å²) >= 11 is 6.14. The van der Waals surface area contributed by atoms with Gasteiger partial charge in [-0.25, -0.2) is 4.68 Å². The normalized spacial score (nSPS) is 15.2. The van der Waals surface area contributed by atoms with Crippen molar-refractivity contribution in [3.05, 3.63) is 53.7 Å². The molecule has 0 fully saturated rings. The molecular formula is C21H19ClN4O4. The number of amides is 2. The number of hydrogen-bond donors (Lipinski definition) is 2. The van der Waals surface area contributed by atoms with Crippen molar-refractivity contribution in [1.29, 1.82) is 0 Å². The van der Waals surface area contributed by atoms with Crippen molar-refractivity contribution in [2.24, 2.45) is 0 Å². The fourth-order valence-electron chi connectivity index (χ4n) is 3.37. The van der Waals surface area contributed by atoms with Gasteiger partial charge in [-0.1, -0.05) is 29.8 Å². The first-order chi connectivity index (χ1) is 14.5. The van der Waals surface area contributed by atoms with Crippen molar-refractivity contribution < 1.29 is 19.1 Å². The van der Waals surface area contributed by atoms with E-state index in [0.29, 0.717) is 33.6 Å². The van der Waals surface area contributed by atoms with Crippen LogP contribution in [0, 0.1) is 0 Å². The molecule has 30 heavy (non-hydrogen) atoms. The number of fused-ring (bicyclic) bond motifs is 1. The highest BCUT2D eigenvalue weighted by molar-refractivity contribution is 6.33. The van der Waals surface area contributed by atoms with Crippen LogP contribution in [0.15, 0.2) is 48.7 Å². The summed E-state index contributed by atoms with van der Waals surface area (Å²) in [6, 6.07) is 11.5. The third-order valence-electron chi connectivity index (χ3n) is 4.86. The topological polar surface area (TPSA) is 94.5 Å². The fraction of sp³-hybridized carbons (Fsp3) is 0.190. The van der Waals surface area contributed by atoms with Crippen molar-refractivity contribution in [3.63, 3.8) is 0 Å². The highest BCUT2D eigenvalue weighted by atomic mass is 35.5. The lowest BCUT2D eigenvalue weighted by Gasteiger charge is -2.24. The van der Waals surface area contributed by atoms with E-state index in [2.05, 4.69) is 15.7 Å². The fourth-order valence-corrected chi connectivity index (χ4v) is 3.55. The van der Waals surface area contributed by atoms with Gasteiger partial charge in [0.15, 0.2) is 11.5 Å². The van der Waals surface area contributed by atoms with E-state index in [9.17, 15) is 9.59 Å². The van der Waals surface area contributed by atoms with E-state index in [1.165, 1.54) is 4.68 Å². The minimum Gasteiger partial charge on any atom is -0.493 e. The molecule has 2 heterocycles. The van der Waals surface area contributed by atoms with Gasteiger partial charge in [-0.3, -0.25) is 9.59 Å². The number of carbonyl (C=O) groups is 2. The smallest absolute Gasteiger partial charge is 0.249 e. The number of nitrogens with zero attached hydrogens (tertiary/aromatic N) is 2. The number of hydrogen-bond acceptors (Lipinski definition) is 5. The maximum Gasteiger partial charge on any atom is 0.249 e. The summed E-state index contributed by atoms with van der Waals surface area (Å²) in [5.41, 5.74) is 1.91. The summed E-state index contributed by atoms with van der Waals surface area (Å²) < 4.78 is 12.1. The van der Waals surface area contributed by atoms with Gasteiger partial charge in [0, 0.05) is 5.56 Å². The zero-order valence-electron chi connectivity index (χ0n) is 16.3. The average molecular weight is 427 g/mol. The minimum absolute atomic E-state index is 0.0314. The second-order valence-corrected chi connectivity index (χ2v) is 7.07. The molecule has 2 amide bonds. The molecule has 154 valence electrons. The second-order valence-electron chi connectivity index (χ2n) is 6.66. The first-order valence-corrected chi connectivity index (χ1v) is 9.54. The maximum atomic E-state index is 12.9. The summed E-state index contributed by atoms with van der Waals surface area (Å²) in [6.45, 7) is 0. The molecule has 0 spiro atoms.